The summed E-state index contributed by atoms with van der Waals surface area (Å²) < 4.78 is 0. The largest absolute Gasteiger partial charge is 0.506 e. The number of nitrogens with zero attached hydrogens (tertiary/aromatic N) is 2. The van der Waals surface area contributed by atoms with Crippen molar-refractivity contribution in [3.63, 3.8) is 0 Å². The molecule has 4 heteroatoms. The highest BCUT2D eigenvalue weighted by atomic mass is 16.3. The van der Waals surface area contributed by atoms with Crippen LogP contribution in [0.3, 0.4) is 0 Å². The summed E-state index contributed by atoms with van der Waals surface area (Å²) in [5.74, 6) is 0.846. The van der Waals surface area contributed by atoms with Crippen molar-refractivity contribution in [1.82, 2.24) is 9.88 Å². The van der Waals surface area contributed by atoms with Gasteiger partial charge in [0.25, 0.3) is 0 Å². The molecule has 0 spiro atoms. The third-order valence-electron chi connectivity index (χ3n) is 4.37. The molecule has 0 unspecified atom stereocenters. The van der Waals surface area contributed by atoms with Gasteiger partial charge < -0.3 is 10.8 Å². The van der Waals surface area contributed by atoms with Crippen LogP contribution in [0.4, 0.5) is 0 Å². The van der Waals surface area contributed by atoms with Gasteiger partial charge in [-0.2, -0.15) is 0 Å². The minimum atomic E-state index is 0.281. The molecule has 3 N–H and O–H groups in total. The van der Waals surface area contributed by atoms with Gasteiger partial charge in [-0.15, -0.1) is 0 Å². The van der Waals surface area contributed by atoms with Gasteiger partial charge in [-0.1, -0.05) is 0 Å². The van der Waals surface area contributed by atoms with Crippen molar-refractivity contribution in [2.75, 3.05) is 13.1 Å². The third kappa shape index (κ3) is 2.35. The molecule has 2 fully saturated rings. The van der Waals surface area contributed by atoms with E-state index in [1.54, 1.807) is 0 Å². The first-order valence-electron chi connectivity index (χ1n) is 6.86. The van der Waals surface area contributed by atoms with Gasteiger partial charge in [0.2, 0.25) is 0 Å². The zero-order valence-electron chi connectivity index (χ0n) is 10.6. The van der Waals surface area contributed by atoms with E-state index in [9.17, 15) is 5.11 Å². The second-order valence-electron chi connectivity index (χ2n) is 5.70. The highest BCUT2D eigenvalue weighted by Crippen LogP contribution is 2.36. The molecule has 1 saturated heterocycles. The summed E-state index contributed by atoms with van der Waals surface area (Å²) in [6.07, 6.45) is 8.27. The molecule has 1 saturated carbocycles. The molecule has 2 aliphatic rings. The van der Waals surface area contributed by atoms with Gasteiger partial charge in [-0.05, 0) is 43.2 Å². The molecule has 0 amide bonds. The zero-order valence-corrected chi connectivity index (χ0v) is 10.6. The summed E-state index contributed by atoms with van der Waals surface area (Å²) in [6, 6.07) is 2.99. The van der Waals surface area contributed by atoms with Gasteiger partial charge in [-0.3, -0.25) is 9.88 Å². The number of rotatable bonds is 2. The number of pyridine rings is 1. The number of hydrogen-bond donors (Lipinski definition) is 2. The fourth-order valence-electron chi connectivity index (χ4n) is 3.29. The van der Waals surface area contributed by atoms with E-state index in [0.717, 1.165) is 19.1 Å². The van der Waals surface area contributed by atoms with E-state index >= 15 is 0 Å². The number of likely N-dealkylation sites (tertiary alicyclic amines) is 1. The van der Waals surface area contributed by atoms with Crippen LogP contribution in [-0.4, -0.2) is 40.2 Å². The standard InChI is InChI=1S/C14H21N3O/c15-12-8-17(9-12)13-3-1-10(2-4-13)11-5-14(18)7-16-6-11/h5-7,10,12-13,18H,1-4,8-9,15H2. The molecule has 1 aliphatic carbocycles. The lowest BCUT2D eigenvalue weighted by atomic mass is 9.81. The van der Waals surface area contributed by atoms with E-state index in [4.69, 9.17) is 5.73 Å². The minimum absolute atomic E-state index is 0.281. The summed E-state index contributed by atoms with van der Waals surface area (Å²) in [4.78, 5) is 6.59. The van der Waals surface area contributed by atoms with E-state index in [1.807, 2.05) is 12.3 Å². The predicted molar refractivity (Wildman–Crippen MR) is 70.4 cm³/mol. The van der Waals surface area contributed by atoms with Crippen LogP contribution in [-0.2, 0) is 0 Å². The van der Waals surface area contributed by atoms with Crippen LogP contribution in [0.2, 0.25) is 0 Å². The van der Waals surface area contributed by atoms with Crippen LogP contribution in [0.15, 0.2) is 18.5 Å². The van der Waals surface area contributed by atoms with Crippen LogP contribution in [0, 0.1) is 0 Å². The van der Waals surface area contributed by atoms with Crippen molar-refractivity contribution >= 4 is 0 Å². The lowest BCUT2D eigenvalue weighted by Crippen LogP contribution is -2.59. The van der Waals surface area contributed by atoms with E-state index in [0.29, 0.717) is 12.0 Å². The molecule has 0 radical (unpaired) electrons. The van der Waals surface area contributed by atoms with Gasteiger partial charge in [0.05, 0.1) is 6.20 Å². The van der Waals surface area contributed by atoms with Crippen molar-refractivity contribution in [3.05, 3.63) is 24.0 Å². The Morgan fingerprint density at radius 3 is 2.50 bits per heavy atom. The van der Waals surface area contributed by atoms with Gasteiger partial charge in [0.15, 0.2) is 0 Å². The number of aromatic hydroxyl groups is 1. The van der Waals surface area contributed by atoms with E-state index in [-0.39, 0.29) is 5.75 Å². The number of nitrogens with two attached hydrogens (primary N) is 1. The van der Waals surface area contributed by atoms with Crippen LogP contribution >= 0.6 is 0 Å². The Morgan fingerprint density at radius 1 is 1.17 bits per heavy atom. The maximum atomic E-state index is 9.48. The molecule has 1 aromatic rings. The summed E-state index contributed by atoms with van der Waals surface area (Å²) in [7, 11) is 0. The molecule has 98 valence electrons. The molecule has 0 bridgehead atoms. The highest BCUT2D eigenvalue weighted by Gasteiger charge is 2.32. The van der Waals surface area contributed by atoms with Gasteiger partial charge in [0, 0.05) is 31.4 Å². The van der Waals surface area contributed by atoms with Crippen LogP contribution in [0.1, 0.15) is 37.2 Å². The Balaban J connectivity index is 1.57. The molecular formula is C14H21N3O. The number of aromatic nitrogens is 1. The maximum absolute atomic E-state index is 9.48. The van der Waals surface area contributed by atoms with Crippen molar-refractivity contribution < 1.29 is 5.11 Å². The van der Waals surface area contributed by atoms with Crippen molar-refractivity contribution in [3.8, 4) is 5.75 Å². The van der Waals surface area contributed by atoms with Crippen molar-refractivity contribution in [2.24, 2.45) is 5.73 Å². The first-order valence-corrected chi connectivity index (χ1v) is 6.86. The van der Waals surface area contributed by atoms with Crippen LogP contribution < -0.4 is 5.73 Å². The third-order valence-corrected chi connectivity index (χ3v) is 4.37. The van der Waals surface area contributed by atoms with E-state index in [1.165, 1.54) is 37.4 Å². The Morgan fingerprint density at radius 2 is 1.89 bits per heavy atom. The Bertz CT molecular complexity index is 409. The van der Waals surface area contributed by atoms with Crippen molar-refractivity contribution in [2.45, 2.75) is 43.7 Å². The summed E-state index contributed by atoms with van der Waals surface area (Å²) in [5.41, 5.74) is 7.02. The summed E-state index contributed by atoms with van der Waals surface area (Å²) >= 11 is 0. The fraction of sp³-hybridized carbons (Fsp3) is 0.643. The zero-order chi connectivity index (χ0) is 12.5. The second kappa shape index (κ2) is 4.86. The normalized spacial score (nSPS) is 30.1. The molecule has 1 aliphatic heterocycles. The van der Waals surface area contributed by atoms with Gasteiger partial charge in [0.1, 0.15) is 5.75 Å². The monoisotopic (exact) mass is 247 g/mol. The topological polar surface area (TPSA) is 62.4 Å². The van der Waals surface area contributed by atoms with Crippen LogP contribution in [0.25, 0.3) is 0 Å². The molecule has 4 nitrogen and oxygen atoms in total. The van der Waals surface area contributed by atoms with Gasteiger partial charge in [-0.25, -0.2) is 0 Å². The molecule has 1 aromatic heterocycles. The Kier molecular flexibility index (Phi) is 3.22. The smallest absolute Gasteiger partial charge is 0.134 e. The predicted octanol–water partition coefficient (Wildman–Crippen LogP) is 1.46. The first kappa shape index (κ1) is 11.9. The Hall–Kier alpha value is -1.13. The molecule has 3 rings (SSSR count). The SMILES string of the molecule is NC1CN(C2CCC(c3cncc(O)c3)CC2)C1. The van der Waals surface area contributed by atoms with E-state index < -0.39 is 0 Å². The molecule has 2 heterocycles. The average molecular weight is 247 g/mol. The highest BCUT2D eigenvalue weighted by molar-refractivity contribution is 5.25. The Labute approximate surface area is 108 Å². The molecule has 0 atom stereocenters. The minimum Gasteiger partial charge on any atom is -0.506 e. The second-order valence-corrected chi connectivity index (χ2v) is 5.70. The quantitative estimate of drug-likeness (QED) is 0.830. The lowest BCUT2D eigenvalue weighted by Gasteiger charge is -2.45. The maximum Gasteiger partial charge on any atom is 0.134 e. The van der Waals surface area contributed by atoms with Gasteiger partial charge >= 0.3 is 0 Å². The van der Waals surface area contributed by atoms with Crippen molar-refractivity contribution in [1.29, 1.82) is 0 Å². The molecule has 0 aromatic carbocycles. The van der Waals surface area contributed by atoms with Crippen LogP contribution in [0.5, 0.6) is 5.75 Å². The summed E-state index contributed by atoms with van der Waals surface area (Å²) in [5, 5.41) is 9.48. The molecular weight excluding hydrogens is 226 g/mol. The summed E-state index contributed by atoms with van der Waals surface area (Å²) in [6.45, 7) is 2.14. The first-order chi connectivity index (χ1) is 8.72. The average Bonchev–Trinajstić information content (AvgIpc) is 2.35. The fourth-order valence-corrected chi connectivity index (χ4v) is 3.29. The molecule has 18 heavy (non-hydrogen) atoms. The number of hydrogen-bond acceptors (Lipinski definition) is 4. The van der Waals surface area contributed by atoms with E-state index in [2.05, 4.69) is 9.88 Å². The lowest BCUT2D eigenvalue weighted by molar-refractivity contribution is 0.0679.